The van der Waals surface area contributed by atoms with Gasteiger partial charge in [0.05, 0.1) is 28.8 Å². The number of nitrogens with zero attached hydrogens (tertiary/aromatic N) is 5. The monoisotopic (exact) mass is 494 g/mol. The van der Waals surface area contributed by atoms with Gasteiger partial charge < -0.3 is 15.3 Å². The summed E-state index contributed by atoms with van der Waals surface area (Å²) in [6.07, 6.45) is 6.49. The second-order valence-corrected chi connectivity index (χ2v) is 10.8. The summed E-state index contributed by atoms with van der Waals surface area (Å²) >= 11 is 0. The van der Waals surface area contributed by atoms with E-state index < -0.39 is 5.41 Å². The first kappa shape index (κ1) is 24.3. The Balaban J connectivity index is 1.17. The fourth-order valence-corrected chi connectivity index (χ4v) is 5.39. The molecule has 2 aliphatic rings. The van der Waals surface area contributed by atoms with Crippen molar-refractivity contribution in [1.29, 1.82) is 0 Å². The van der Waals surface area contributed by atoms with E-state index in [1.807, 2.05) is 11.8 Å². The fraction of sp³-hybridized carbons (Fsp3) is 0.500. The maximum absolute atomic E-state index is 13.8. The van der Waals surface area contributed by atoms with Crippen LogP contribution in [0.25, 0.3) is 16.9 Å². The van der Waals surface area contributed by atoms with E-state index in [4.69, 9.17) is 0 Å². The minimum absolute atomic E-state index is 0.00382. The summed E-state index contributed by atoms with van der Waals surface area (Å²) in [4.78, 5) is 35.8. The number of piperidine rings is 1. The van der Waals surface area contributed by atoms with Gasteiger partial charge in [-0.25, -0.2) is 14.4 Å². The number of hydrogen-bond donors (Lipinski definition) is 2. The quantitative estimate of drug-likeness (QED) is 0.564. The van der Waals surface area contributed by atoms with Crippen molar-refractivity contribution in [1.82, 2.24) is 30.0 Å². The van der Waals surface area contributed by atoms with E-state index in [1.165, 1.54) is 29.2 Å². The molecule has 5 rings (SSSR count). The first-order valence-corrected chi connectivity index (χ1v) is 12.3. The molecule has 1 saturated heterocycles. The maximum atomic E-state index is 13.8. The van der Waals surface area contributed by atoms with Gasteiger partial charge in [0.2, 0.25) is 5.91 Å². The Kier molecular flexibility index (Phi) is 6.02. The van der Waals surface area contributed by atoms with Crippen LogP contribution in [-0.2, 0) is 4.79 Å². The average molecular weight is 495 g/mol. The van der Waals surface area contributed by atoms with Crippen LogP contribution < -0.4 is 5.32 Å². The van der Waals surface area contributed by atoms with Crippen LogP contribution >= 0.6 is 0 Å². The molecule has 2 N–H and O–H groups in total. The van der Waals surface area contributed by atoms with Gasteiger partial charge in [0.1, 0.15) is 5.82 Å². The zero-order chi connectivity index (χ0) is 25.7. The topological polar surface area (TPSA) is 113 Å². The number of halogens is 1. The summed E-state index contributed by atoms with van der Waals surface area (Å²) in [5.74, 6) is -0.338. The highest BCUT2D eigenvalue weighted by molar-refractivity contribution is 5.94. The van der Waals surface area contributed by atoms with Gasteiger partial charge in [0.25, 0.3) is 11.9 Å². The van der Waals surface area contributed by atoms with Crippen molar-refractivity contribution >= 4 is 22.7 Å². The van der Waals surface area contributed by atoms with E-state index >= 15 is 0 Å². The van der Waals surface area contributed by atoms with Gasteiger partial charge in [-0.3, -0.25) is 9.59 Å². The molecule has 0 atom stereocenters. The van der Waals surface area contributed by atoms with Crippen LogP contribution in [0.4, 0.5) is 4.39 Å². The van der Waals surface area contributed by atoms with Crippen molar-refractivity contribution < 1.29 is 19.1 Å². The molecule has 190 valence electrons. The summed E-state index contributed by atoms with van der Waals surface area (Å²) in [6, 6.07) is 4.53. The van der Waals surface area contributed by atoms with Crippen molar-refractivity contribution in [2.75, 3.05) is 19.7 Å². The number of aromatic nitrogens is 4. The molecule has 0 bridgehead atoms. The van der Waals surface area contributed by atoms with Gasteiger partial charge in [0, 0.05) is 43.0 Å². The highest BCUT2D eigenvalue weighted by atomic mass is 19.1. The number of likely N-dealkylation sites (tertiary alicyclic amines) is 1. The number of rotatable bonds is 5. The van der Waals surface area contributed by atoms with E-state index in [-0.39, 0.29) is 41.6 Å². The third-order valence-electron chi connectivity index (χ3n) is 7.70. The van der Waals surface area contributed by atoms with E-state index in [0.29, 0.717) is 24.2 Å². The van der Waals surface area contributed by atoms with Gasteiger partial charge in [0.15, 0.2) is 0 Å². The van der Waals surface area contributed by atoms with Crippen molar-refractivity contribution in [2.24, 2.45) is 10.8 Å². The van der Waals surface area contributed by atoms with Crippen LogP contribution in [0.2, 0.25) is 0 Å². The lowest BCUT2D eigenvalue weighted by Gasteiger charge is -2.52. The molecule has 1 spiro atoms. The highest BCUT2D eigenvalue weighted by Gasteiger charge is 2.47. The van der Waals surface area contributed by atoms with Crippen molar-refractivity contribution in [2.45, 2.75) is 52.5 Å². The van der Waals surface area contributed by atoms with Crippen molar-refractivity contribution in [3.05, 3.63) is 47.7 Å². The predicted octanol–water partition coefficient (Wildman–Crippen LogP) is 2.78. The number of hydrogen-bond acceptors (Lipinski definition) is 6. The van der Waals surface area contributed by atoms with E-state index in [1.54, 1.807) is 19.9 Å². The van der Waals surface area contributed by atoms with Gasteiger partial charge >= 0.3 is 0 Å². The van der Waals surface area contributed by atoms with Gasteiger partial charge in [-0.2, -0.15) is 9.78 Å². The summed E-state index contributed by atoms with van der Waals surface area (Å²) in [5.41, 5.74) is 1.06. The van der Waals surface area contributed by atoms with Crippen LogP contribution in [-0.4, -0.2) is 67.3 Å². The van der Waals surface area contributed by atoms with E-state index in [0.717, 1.165) is 36.8 Å². The average Bonchev–Trinajstić information content (AvgIpc) is 3.18. The summed E-state index contributed by atoms with van der Waals surface area (Å²) < 4.78 is 15.2. The Hall–Kier alpha value is -3.40. The number of nitrogens with one attached hydrogen (secondary N) is 1. The van der Waals surface area contributed by atoms with Crippen LogP contribution in [0, 0.1) is 23.6 Å². The normalized spacial score (nSPS) is 17.9. The lowest BCUT2D eigenvalue weighted by atomic mass is 9.60. The molecule has 9 nitrogen and oxygen atoms in total. The van der Waals surface area contributed by atoms with Crippen LogP contribution in [0.1, 0.15) is 55.6 Å². The van der Waals surface area contributed by atoms with Gasteiger partial charge in [-0.1, -0.05) is 0 Å². The lowest BCUT2D eigenvalue weighted by molar-refractivity contribution is -0.146. The summed E-state index contributed by atoms with van der Waals surface area (Å²) in [6.45, 7) is 6.57. The van der Waals surface area contributed by atoms with Crippen LogP contribution in [0.3, 0.4) is 0 Å². The Morgan fingerprint density at radius 3 is 2.50 bits per heavy atom. The number of amides is 2. The fourth-order valence-electron chi connectivity index (χ4n) is 5.39. The number of benzene rings is 1. The Labute approximate surface area is 208 Å². The smallest absolute Gasteiger partial charge is 0.254 e. The Morgan fingerprint density at radius 1 is 1.19 bits per heavy atom. The lowest BCUT2D eigenvalue weighted by Crippen LogP contribution is -2.56. The minimum atomic E-state index is -0.752. The molecule has 1 aromatic carbocycles. The maximum Gasteiger partial charge on any atom is 0.254 e. The molecule has 2 fully saturated rings. The van der Waals surface area contributed by atoms with Gasteiger partial charge in [-0.15, -0.1) is 0 Å². The second kappa shape index (κ2) is 8.92. The number of carbonyl (C=O) groups is 2. The number of aliphatic hydroxyl groups is 1. The molecule has 1 saturated carbocycles. The molecule has 1 aliphatic heterocycles. The molecule has 2 aromatic heterocycles. The summed E-state index contributed by atoms with van der Waals surface area (Å²) in [7, 11) is 0. The van der Waals surface area contributed by atoms with E-state index in [9.17, 15) is 19.1 Å². The summed E-state index contributed by atoms with van der Waals surface area (Å²) in [5, 5.41) is 17.8. The first-order chi connectivity index (χ1) is 17.1. The number of aliphatic hydroxyl groups excluding tert-OH is 1. The third kappa shape index (κ3) is 4.34. The highest BCUT2D eigenvalue weighted by Crippen LogP contribution is 2.49. The third-order valence-corrected chi connectivity index (χ3v) is 7.70. The molecule has 2 amide bonds. The molecule has 36 heavy (non-hydrogen) atoms. The van der Waals surface area contributed by atoms with Crippen molar-refractivity contribution in [3.63, 3.8) is 0 Å². The van der Waals surface area contributed by atoms with E-state index in [2.05, 4.69) is 20.4 Å². The van der Waals surface area contributed by atoms with Gasteiger partial charge in [-0.05, 0) is 64.0 Å². The standard InChI is InChI=1S/C26H31FN6O3/c1-16-20-5-4-18(27)10-21(20)33(31-16)24-28-13-17(14-29-24)22(35)30-19-11-26(12-19)6-8-32(9-7-26)23(36)25(2,3)15-34/h4-5,10,13-14,19,34H,6-9,11-12,15H2,1-3H3,(H,30,35). The molecule has 10 heteroatoms. The Morgan fingerprint density at radius 2 is 1.86 bits per heavy atom. The minimum Gasteiger partial charge on any atom is -0.395 e. The zero-order valence-corrected chi connectivity index (χ0v) is 20.8. The van der Waals surface area contributed by atoms with Crippen LogP contribution in [0.15, 0.2) is 30.6 Å². The number of fused-ring (bicyclic) bond motifs is 1. The SMILES string of the molecule is Cc1nn(-c2ncc(C(=O)NC3CC4(CCN(C(=O)C(C)(C)CO)CC4)C3)cn2)c2cc(F)ccc12. The molecule has 0 unspecified atom stereocenters. The number of carbonyl (C=O) groups excluding carboxylic acids is 2. The Bertz CT molecular complexity index is 1300. The first-order valence-electron chi connectivity index (χ1n) is 12.3. The number of aryl methyl sites for hydroxylation is 1. The molecular formula is C26H31FN6O3. The molecule has 3 aromatic rings. The largest absolute Gasteiger partial charge is 0.395 e. The predicted molar refractivity (Wildman–Crippen MR) is 131 cm³/mol. The zero-order valence-electron chi connectivity index (χ0n) is 20.8. The van der Waals surface area contributed by atoms with Crippen LogP contribution in [0.5, 0.6) is 0 Å². The molecule has 0 radical (unpaired) electrons. The van der Waals surface area contributed by atoms with Crippen molar-refractivity contribution in [3.8, 4) is 5.95 Å². The molecule has 3 heterocycles. The molecule has 1 aliphatic carbocycles. The second-order valence-electron chi connectivity index (χ2n) is 10.8. The molecular weight excluding hydrogens is 463 g/mol.